The van der Waals surface area contributed by atoms with E-state index in [1.165, 1.54) is 0 Å². The van der Waals surface area contributed by atoms with Crippen LogP contribution in [0.1, 0.15) is 11.1 Å². The van der Waals surface area contributed by atoms with Gasteiger partial charge in [0, 0.05) is 17.1 Å². The molecule has 0 fully saturated rings. The lowest BCUT2D eigenvalue weighted by molar-refractivity contribution is -0.115. The molecular weight excluding hydrogens is 266 g/mol. The first-order valence-electron chi connectivity index (χ1n) is 6.67. The molecule has 0 aromatic heterocycles. The first-order valence-corrected chi connectivity index (χ1v) is 6.67. The Morgan fingerprint density at radius 2 is 1.71 bits per heavy atom. The monoisotopic (exact) mass is 281 g/mol. The van der Waals surface area contributed by atoms with Gasteiger partial charge in [-0.15, -0.1) is 0 Å². The standard InChI is InChI=1S/C16H15N3O2/c1-10-2-4-12(5-3-10)17-16(21)18-13-6-7-14-11(8-13)9-15(20)19-14/h2-8H,9H2,1H3,(H,19,20)(H2,17,18,21). The highest BCUT2D eigenvalue weighted by atomic mass is 16.2. The Labute approximate surface area is 122 Å². The molecule has 1 aliphatic rings. The van der Waals surface area contributed by atoms with Gasteiger partial charge in [-0.1, -0.05) is 17.7 Å². The van der Waals surface area contributed by atoms with E-state index in [0.717, 1.165) is 22.5 Å². The minimum absolute atomic E-state index is 0.0220. The van der Waals surface area contributed by atoms with Crippen molar-refractivity contribution in [1.29, 1.82) is 0 Å². The summed E-state index contributed by atoms with van der Waals surface area (Å²) >= 11 is 0. The largest absolute Gasteiger partial charge is 0.326 e. The predicted octanol–water partition coefficient (Wildman–Crippen LogP) is 3.13. The molecule has 21 heavy (non-hydrogen) atoms. The molecule has 1 aliphatic heterocycles. The molecule has 0 saturated carbocycles. The van der Waals surface area contributed by atoms with Gasteiger partial charge in [0.05, 0.1) is 6.42 Å². The van der Waals surface area contributed by atoms with Gasteiger partial charge in [0.25, 0.3) is 0 Å². The minimum atomic E-state index is -0.309. The first kappa shape index (κ1) is 13.2. The van der Waals surface area contributed by atoms with Crippen molar-refractivity contribution >= 4 is 29.0 Å². The maximum atomic E-state index is 11.9. The predicted molar refractivity (Wildman–Crippen MR) is 82.6 cm³/mol. The van der Waals surface area contributed by atoms with Crippen LogP contribution in [-0.2, 0) is 11.2 Å². The van der Waals surface area contributed by atoms with Crippen molar-refractivity contribution in [3.05, 3.63) is 53.6 Å². The van der Waals surface area contributed by atoms with Crippen molar-refractivity contribution in [2.75, 3.05) is 16.0 Å². The number of hydrogen-bond donors (Lipinski definition) is 3. The number of nitrogens with one attached hydrogen (secondary N) is 3. The molecule has 0 radical (unpaired) electrons. The normalized spacial score (nSPS) is 12.5. The van der Waals surface area contributed by atoms with E-state index in [4.69, 9.17) is 0 Å². The summed E-state index contributed by atoms with van der Waals surface area (Å²) in [5, 5.41) is 8.28. The zero-order valence-electron chi connectivity index (χ0n) is 11.6. The Kier molecular flexibility index (Phi) is 3.31. The molecule has 0 unspecified atom stereocenters. The van der Waals surface area contributed by atoms with E-state index in [2.05, 4.69) is 16.0 Å². The molecule has 1 heterocycles. The summed E-state index contributed by atoms with van der Waals surface area (Å²) in [6.07, 6.45) is 0.352. The molecule has 0 spiro atoms. The van der Waals surface area contributed by atoms with Crippen LogP contribution in [0.4, 0.5) is 21.9 Å². The van der Waals surface area contributed by atoms with Gasteiger partial charge >= 0.3 is 6.03 Å². The molecule has 5 nitrogen and oxygen atoms in total. The van der Waals surface area contributed by atoms with Gasteiger partial charge in [-0.2, -0.15) is 0 Å². The summed E-state index contributed by atoms with van der Waals surface area (Å²) in [5.41, 5.74) is 4.24. The SMILES string of the molecule is Cc1ccc(NC(=O)Nc2ccc3c(c2)CC(=O)N3)cc1. The molecule has 106 valence electrons. The number of carbonyl (C=O) groups excluding carboxylic acids is 2. The lowest BCUT2D eigenvalue weighted by Gasteiger charge is -2.09. The molecular formula is C16H15N3O2. The van der Waals surface area contributed by atoms with E-state index >= 15 is 0 Å². The molecule has 0 atom stereocenters. The lowest BCUT2D eigenvalue weighted by Crippen LogP contribution is -2.19. The molecule has 0 saturated heterocycles. The third-order valence-electron chi connectivity index (χ3n) is 3.30. The van der Waals surface area contributed by atoms with Crippen molar-refractivity contribution in [1.82, 2.24) is 0 Å². The van der Waals surface area contributed by atoms with Crippen molar-refractivity contribution in [3.8, 4) is 0 Å². The van der Waals surface area contributed by atoms with E-state index < -0.39 is 0 Å². The molecule has 3 N–H and O–H groups in total. The highest BCUT2D eigenvalue weighted by Crippen LogP contribution is 2.26. The molecule has 0 aliphatic carbocycles. The van der Waals surface area contributed by atoms with Crippen molar-refractivity contribution in [3.63, 3.8) is 0 Å². The highest BCUT2D eigenvalue weighted by molar-refractivity contribution is 6.02. The number of amides is 3. The number of carbonyl (C=O) groups is 2. The summed E-state index contributed by atoms with van der Waals surface area (Å²) in [5.74, 6) is -0.0220. The van der Waals surface area contributed by atoms with Crippen LogP contribution < -0.4 is 16.0 Å². The van der Waals surface area contributed by atoms with Crippen molar-refractivity contribution in [2.24, 2.45) is 0 Å². The van der Waals surface area contributed by atoms with Crippen LogP contribution in [0, 0.1) is 6.92 Å². The second-order valence-electron chi connectivity index (χ2n) is 5.04. The Morgan fingerprint density at radius 1 is 1.05 bits per heavy atom. The number of benzene rings is 2. The highest BCUT2D eigenvalue weighted by Gasteiger charge is 2.17. The maximum absolute atomic E-state index is 11.9. The third-order valence-corrected chi connectivity index (χ3v) is 3.30. The smallest absolute Gasteiger partial charge is 0.323 e. The number of aryl methyl sites for hydroxylation is 1. The molecule has 2 aromatic carbocycles. The minimum Gasteiger partial charge on any atom is -0.326 e. The van der Waals surface area contributed by atoms with Gasteiger partial charge in [-0.05, 0) is 42.8 Å². The first-order chi connectivity index (χ1) is 10.1. The topological polar surface area (TPSA) is 70.2 Å². The van der Waals surface area contributed by atoms with Crippen LogP contribution in [0.15, 0.2) is 42.5 Å². The summed E-state index contributed by atoms with van der Waals surface area (Å²) in [4.78, 5) is 23.2. The second-order valence-corrected chi connectivity index (χ2v) is 5.04. The number of hydrogen-bond acceptors (Lipinski definition) is 2. The van der Waals surface area contributed by atoms with Gasteiger partial charge in [0.2, 0.25) is 5.91 Å². The summed E-state index contributed by atoms with van der Waals surface area (Å²) in [7, 11) is 0. The van der Waals surface area contributed by atoms with Gasteiger partial charge < -0.3 is 16.0 Å². The molecule has 0 bridgehead atoms. The Bertz CT molecular complexity index is 708. The average molecular weight is 281 g/mol. The van der Waals surface area contributed by atoms with Crippen LogP contribution in [-0.4, -0.2) is 11.9 Å². The lowest BCUT2D eigenvalue weighted by atomic mass is 10.1. The fourth-order valence-electron chi connectivity index (χ4n) is 2.24. The van der Waals surface area contributed by atoms with Crippen LogP contribution in [0.2, 0.25) is 0 Å². The van der Waals surface area contributed by atoms with Crippen LogP contribution >= 0.6 is 0 Å². The Morgan fingerprint density at radius 3 is 2.48 bits per heavy atom. The zero-order valence-corrected chi connectivity index (χ0v) is 11.6. The third kappa shape index (κ3) is 3.02. The second kappa shape index (κ2) is 5.28. The Hall–Kier alpha value is -2.82. The van der Waals surface area contributed by atoms with E-state index in [9.17, 15) is 9.59 Å². The number of urea groups is 1. The van der Waals surface area contributed by atoms with Crippen LogP contribution in [0.3, 0.4) is 0 Å². The number of rotatable bonds is 2. The van der Waals surface area contributed by atoms with E-state index in [1.54, 1.807) is 12.1 Å². The Balaban J connectivity index is 1.66. The number of anilines is 3. The van der Waals surface area contributed by atoms with Gasteiger partial charge in [-0.3, -0.25) is 4.79 Å². The summed E-state index contributed by atoms with van der Waals surface area (Å²) in [6, 6.07) is 12.6. The average Bonchev–Trinajstić information content (AvgIpc) is 2.80. The van der Waals surface area contributed by atoms with E-state index in [0.29, 0.717) is 12.1 Å². The molecule has 2 aromatic rings. The fraction of sp³-hybridized carbons (Fsp3) is 0.125. The molecule has 5 heteroatoms. The quantitative estimate of drug-likeness (QED) is 0.791. The fourth-order valence-corrected chi connectivity index (χ4v) is 2.24. The van der Waals surface area contributed by atoms with Gasteiger partial charge in [0.1, 0.15) is 0 Å². The summed E-state index contributed by atoms with van der Waals surface area (Å²) < 4.78 is 0. The number of fused-ring (bicyclic) bond motifs is 1. The molecule has 3 amide bonds. The van der Waals surface area contributed by atoms with Crippen molar-refractivity contribution in [2.45, 2.75) is 13.3 Å². The van der Waals surface area contributed by atoms with E-state index in [1.807, 2.05) is 37.3 Å². The van der Waals surface area contributed by atoms with E-state index in [-0.39, 0.29) is 11.9 Å². The van der Waals surface area contributed by atoms with Crippen molar-refractivity contribution < 1.29 is 9.59 Å². The van der Waals surface area contributed by atoms with Crippen LogP contribution in [0.25, 0.3) is 0 Å². The van der Waals surface area contributed by atoms with Gasteiger partial charge in [0.15, 0.2) is 0 Å². The van der Waals surface area contributed by atoms with Gasteiger partial charge in [-0.25, -0.2) is 4.79 Å². The zero-order chi connectivity index (χ0) is 14.8. The summed E-state index contributed by atoms with van der Waals surface area (Å²) in [6.45, 7) is 1.99. The molecule has 3 rings (SSSR count). The van der Waals surface area contributed by atoms with Crippen LogP contribution in [0.5, 0.6) is 0 Å². The maximum Gasteiger partial charge on any atom is 0.323 e.